The molecule has 1 aliphatic rings. The van der Waals surface area contributed by atoms with Crippen LogP contribution in [0.1, 0.15) is 36.7 Å². The molecule has 4 rings (SSSR count). The van der Waals surface area contributed by atoms with E-state index >= 15 is 0 Å². The van der Waals surface area contributed by atoms with Gasteiger partial charge in [0.25, 0.3) is 5.91 Å². The van der Waals surface area contributed by atoms with Crippen molar-refractivity contribution in [2.45, 2.75) is 26.2 Å². The molecule has 1 N–H and O–H groups in total. The Morgan fingerprint density at radius 2 is 1.53 bits per heavy atom. The summed E-state index contributed by atoms with van der Waals surface area (Å²) in [6, 6.07) is 21.4. The van der Waals surface area contributed by atoms with Crippen molar-refractivity contribution in [1.29, 1.82) is 0 Å². The van der Waals surface area contributed by atoms with E-state index in [1.54, 1.807) is 4.90 Å². The van der Waals surface area contributed by atoms with Crippen LogP contribution in [0.2, 0.25) is 0 Å². The lowest BCUT2D eigenvalue weighted by molar-refractivity contribution is -0.130. The molecule has 2 amide bonds. The SMILES string of the molecule is CC(C)(C)c1ccc(C(=O)NCC(=O)N2CCN(c3ccc(-c4ccccc4)nn3)CC2)cc1. The average Bonchev–Trinajstić information content (AvgIpc) is 2.87. The minimum absolute atomic E-state index is 0.00850. The number of piperazine rings is 1. The number of carbonyl (C=O) groups is 2. The van der Waals surface area contributed by atoms with Gasteiger partial charge in [0.1, 0.15) is 0 Å². The van der Waals surface area contributed by atoms with Crippen molar-refractivity contribution >= 4 is 17.6 Å². The Hall–Kier alpha value is -3.74. The molecular formula is C27H31N5O2. The molecule has 7 heteroatoms. The van der Waals surface area contributed by atoms with Crippen LogP contribution in [0.3, 0.4) is 0 Å². The summed E-state index contributed by atoms with van der Waals surface area (Å²) in [5, 5.41) is 11.5. The van der Waals surface area contributed by atoms with Crippen LogP contribution in [0.15, 0.2) is 66.7 Å². The van der Waals surface area contributed by atoms with Crippen LogP contribution >= 0.6 is 0 Å². The third-order valence-electron chi connectivity index (χ3n) is 6.09. The van der Waals surface area contributed by atoms with Gasteiger partial charge in [-0.25, -0.2) is 0 Å². The van der Waals surface area contributed by atoms with Crippen molar-refractivity contribution in [3.05, 3.63) is 77.9 Å². The summed E-state index contributed by atoms with van der Waals surface area (Å²) in [4.78, 5) is 29.0. The topological polar surface area (TPSA) is 78.4 Å². The predicted molar refractivity (Wildman–Crippen MR) is 134 cm³/mol. The third kappa shape index (κ3) is 5.60. The van der Waals surface area contributed by atoms with Crippen molar-refractivity contribution in [3.8, 4) is 11.3 Å². The number of nitrogens with one attached hydrogen (secondary N) is 1. The van der Waals surface area contributed by atoms with Gasteiger partial charge in [-0.3, -0.25) is 9.59 Å². The lowest BCUT2D eigenvalue weighted by Crippen LogP contribution is -2.51. The van der Waals surface area contributed by atoms with Gasteiger partial charge in [-0.05, 0) is 35.2 Å². The van der Waals surface area contributed by atoms with E-state index in [1.807, 2.05) is 66.7 Å². The second-order valence-corrected chi connectivity index (χ2v) is 9.52. The average molecular weight is 458 g/mol. The molecule has 1 saturated heterocycles. The van der Waals surface area contributed by atoms with Crippen molar-refractivity contribution in [2.75, 3.05) is 37.6 Å². The van der Waals surface area contributed by atoms with E-state index in [4.69, 9.17) is 0 Å². The van der Waals surface area contributed by atoms with Crippen LogP contribution in [-0.4, -0.2) is 59.6 Å². The Labute approximate surface area is 200 Å². The first kappa shape index (κ1) is 23.4. The van der Waals surface area contributed by atoms with Crippen LogP contribution in [0.4, 0.5) is 5.82 Å². The fraction of sp³-hybridized carbons (Fsp3) is 0.333. The van der Waals surface area contributed by atoms with Gasteiger partial charge in [0.2, 0.25) is 5.91 Å². The molecule has 1 aliphatic heterocycles. The number of carbonyl (C=O) groups excluding carboxylic acids is 2. The van der Waals surface area contributed by atoms with E-state index < -0.39 is 0 Å². The summed E-state index contributed by atoms with van der Waals surface area (Å²) in [5.41, 5.74) is 3.62. The Morgan fingerprint density at radius 1 is 0.853 bits per heavy atom. The Morgan fingerprint density at radius 3 is 2.12 bits per heavy atom. The molecule has 7 nitrogen and oxygen atoms in total. The molecule has 0 saturated carbocycles. The molecule has 0 atom stereocenters. The molecule has 3 aromatic rings. The molecule has 0 bridgehead atoms. The number of hydrogen-bond donors (Lipinski definition) is 1. The van der Waals surface area contributed by atoms with Gasteiger partial charge in [0.05, 0.1) is 12.2 Å². The molecule has 0 unspecified atom stereocenters. The fourth-order valence-electron chi connectivity index (χ4n) is 3.93. The number of anilines is 1. The van der Waals surface area contributed by atoms with E-state index in [0.717, 1.165) is 22.6 Å². The van der Waals surface area contributed by atoms with Gasteiger partial charge < -0.3 is 15.1 Å². The number of aromatic nitrogens is 2. The number of hydrogen-bond acceptors (Lipinski definition) is 5. The fourth-order valence-corrected chi connectivity index (χ4v) is 3.93. The highest BCUT2D eigenvalue weighted by Gasteiger charge is 2.23. The first-order chi connectivity index (χ1) is 16.3. The first-order valence-corrected chi connectivity index (χ1v) is 11.6. The Balaban J connectivity index is 1.25. The van der Waals surface area contributed by atoms with Gasteiger partial charge in [0, 0.05) is 37.3 Å². The molecule has 0 aliphatic carbocycles. The van der Waals surface area contributed by atoms with E-state index in [2.05, 4.69) is 41.2 Å². The minimum atomic E-state index is -0.235. The van der Waals surface area contributed by atoms with Crippen molar-refractivity contribution in [2.24, 2.45) is 0 Å². The zero-order valence-corrected chi connectivity index (χ0v) is 20.0. The summed E-state index contributed by atoms with van der Waals surface area (Å²) >= 11 is 0. The van der Waals surface area contributed by atoms with Crippen LogP contribution in [-0.2, 0) is 10.2 Å². The van der Waals surface area contributed by atoms with Crippen LogP contribution < -0.4 is 10.2 Å². The highest BCUT2D eigenvalue weighted by molar-refractivity contribution is 5.96. The van der Waals surface area contributed by atoms with Gasteiger partial charge in [-0.2, -0.15) is 0 Å². The second-order valence-electron chi connectivity index (χ2n) is 9.52. The van der Waals surface area contributed by atoms with Gasteiger partial charge in [-0.15, -0.1) is 10.2 Å². The molecule has 2 heterocycles. The standard InChI is InChI=1S/C27H31N5O2/c1-27(2,3)22-11-9-21(10-12-22)26(34)28-19-25(33)32-17-15-31(16-18-32)24-14-13-23(29-30-24)20-7-5-4-6-8-20/h4-14H,15-19H2,1-3H3,(H,28,34). The molecule has 0 radical (unpaired) electrons. The largest absolute Gasteiger partial charge is 0.352 e. The van der Waals surface area contributed by atoms with E-state index in [0.29, 0.717) is 31.7 Å². The van der Waals surface area contributed by atoms with Gasteiger partial charge >= 0.3 is 0 Å². The quantitative estimate of drug-likeness (QED) is 0.634. The number of amides is 2. The summed E-state index contributed by atoms with van der Waals surface area (Å²) in [5.74, 6) is 0.491. The maximum Gasteiger partial charge on any atom is 0.251 e. The number of benzene rings is 2. The van der Waals surface area contributed by atoms with Gasteiger partial charge in [-0.1, -0.05) is 63.2 Å². The van der Waals surface area contributed by atoms with Gasteiger partial charge in [0.15, 0.2) is 5.82 Å². The molecule has 34 heavy (non-hydrogen) atoms. The third-order valence-corrected chi connectivity index (χ3v) is 6.09. The summed E-state index contributed by atoms with van der Waals surface area (Å²) < 4.78 is 0. The minimum Gasteiger partial charge on any atom is -0.352 e. The maximum absolute atomic E-state index is 12.6. The summed E-state index contributed by atoms with van der Waals surface area (Å²) in [6.45, 7) is 8.90. The zero-order valence-electron chi connectivity index (χ0n) is 20.0. The molecule has 1 aromatic heterocycles. The first-order valence-electron chi connectivity index (χ1n) is 11.6. The predicted octanol–water partition coefficient (Wildman–Crippen LogP) is 3.52. The monoisotopic (exact) mass is 457 g/mol. The Kier molecular flexibility index (Phi) is 6.91. The number of rotatable bonds is 5. The Bertz CT molecular complexity index is 1110. The van der Waals surface area contributed by atoms with Crippen molar-refractivity contribution < 1.29 is 9.59 Å². The number of nitrogens with zero attached hydrogens (tertiary/aromatic N) is 4. The van der Waals surface area contributed by atoms with Crippen LogP contribution in [0.5, 0.6) is 0 Å². The lowest BCUT2D eigenvalue weighted by Gasteiger charge is -2.35. The molecule has 2 aromatic carbocycles. The van der Waals surface area contributed by atoms with Crippen molar-refractivity contribution in [1.82, 2.24) is 20.4 Å². The van der Waals surface area contributed by atoms with E-state index in [9.17, 15) is 9.59 Å². The smallest absolute Gasteiger partial charge is 0.251 e. The van der Waals surface area contributed by atoms with E-state index in [1.165, 1.54) is 0 Å². The maximum atomic E-state index is 12.6. The van der Waals surface area contributed by atoms with E-state index in [-0.39, 0.29) is 23.8 Å². The van der Waals surface area contributed by atoms with Crippen molar-refractivity contribution in [3.63, 3.8) is 0 Å². The lowest BCUT2D eigenvalue weighted by atomic mass is 9.87. The molecule has 0 spiro atoms. The normalized spacial score (nSPS) is 14.1. The van der Waals surface area contributed by atoms with Crippen LogP contribution in [0, 0.1) is 0 Å². The highest BCUT2D eigenvalue weighted by atomic mass is 16.2. The molecule has 176 valence electrons. The summed E-state index contributed by atoms with van der Waals surface area (Å²) in [7, 11) is 0. The zero-order chi connectivity index (χ0) is 24.1. The second kappa shape index (κ2) is 10.0. The summed E-state index contributed by atoms with van der Waals surface area (Å²) in [6.07, 6.45) is 0. The highest BCUT2D eigenvalue weighted by Crippen LogP contribution is 2.22. The molecular weight excluding hydrogens is 426 g/mol. The molecule has 1 fully saturated rings. The van der Waals surface area contributed by atoms with Crippen LogP contribution in [0.25, 0.3) is 11.3 Å².